The zero-order valence-corrected chi connectivity index (χ0v) is 15.0. The van der Waals surface area contributed by atoms with Gasteiger partial charge in [-0.15, -0.1) is 5.10 Å². The zero-order chi connectivity index (χ0) is 18.7. The number of benzene rings is 2. The molecule has 2 N–H and O–H groups in total. The molecule has 5 nitrogen and oxygen atoms in total. The van der Waals surface area contributed by atoms with Gasteiger partial charge in [-0.3, -0.25) is 9.89 Å². The lowest BCUT2D eigenvalue weighted by Gasteiger charge is -2.10. The fourth-order valence-corrected chi connectivity index (χ4v) is 3.01. The number of thioether (sulfide) groups is 1. The Hall–Kier alpha value is -2.45. The van der Waals surface area contributed by atoms with E-state index in [1.165, 1.54) is 24.3 Å². The summed E-state index contributed by atoms with van der Waals surface area (Å²) in [5.41, 5.74) is 0.681. The number of nitrogens with one attached hydrogen (secondary N) is 2. The van der Waals surface area contributed by atoms with E-state index in [1.807, 2.05) is 0 Å². The van der Waals surface area contributed by atoms with Crippen molar-refractivity contribution in [1.82, 2.24) is 15.2 Å². The molecule has 0 radical (unpaired) electrons. The first-order chi connectivity index (χ1) is 12.4. The number of rotatable bonds is 5. The number of aromatic nitrogens is 3. The molecule has 0 saturated carbocycles. The SMILES string of the molecule is C[C@H](Sc1n[nH]c(-c2ccccc2F)n1)C(=O)Nc1ccc(F)c(Cl)c1. The zero-order valence-electron chi connectivity index (χ0n) is 13.5. The van der Waals surface area contributed by atoms with Crippen LogP contribution in [-0.2, 0) is 4.79 Å². The maximum absolute atomic E-state index is 13.8. The minimum atomic E-state index is -0.562. The topological polar surface area (TPSA) is 70.7 Å². The number of H-pyrrole nitrogens is 1. The number of nitrogens with zero attached hydrogens (tertiary/aromatic N) is 2. The number of hydrogen-bond donors (Lipinski definition) is 2. The maximum atomic E-state index is 13.8. The summed E-state index contributed by atoms with van der Waals surface area (Å²) in [5, 5.41) is 8.99. The van der Waals surface area contributed by atoms with Gasteiger partial charge in [-0.25, -0.2) is 13.8 Å². The summed E-state index contributed by atoms with van der Waals surface area (Å²) in [6.07, 6.45) is 0. The highest BCUT2D eigenvalue weighted by Crippen LogP contribution is 2.25. The van der Waals surface area contributed by atoms with Crippen molar-refractivity contribution >= 4 is 35.0 Å². The van der Waals surface area contributed by atoms with Crippen molar-refractivity contribution in [2.24, 2.45) is 0 Å². The van der Waals surface area contributed by atoms with Gasteiger partial charge in [-0.2, -0.15) is 0 Å². The third-order valence-electron chi connectivity index (χ3n) is 3.43. The number of carbonyl (C=O) groups excluding carboxylic acids is 1. The largest absolute Gasteiger partial charge is 0.325 e. The van der Waals surface area contributed by atoms with E-state index in [9.17, 15) is 13.6 Å². The Morgan fingerprint density at radius 1 is 1.23 bits per heavy atom. The Bertz CT molecular complexity index is 950. The lowest BCUT2D eigenvalue weighted by atomic mass is 10.2. The Morgan fingerprint density at radius 3 is 2.73 bits per heavy atom. The molecule has 1 aromatic heterocycles. The van der Waals surface area contributed by atoms with Crippen LogP contribution in [-0.4, -0.2) is 26.3 Å². The van der Waals surface area contributed by atoms with Crippen LogP contribution in [0.1, 0.15) is 6.92 Å². The Morgan fingerprint density at radius 2 is 2.00 bits per heavy atom. The van der Waals surface area contributed by atoms with E-state index in [4.69, 9.17) is 11.6 Å². The number of aromatic amines is 1. The van der Waals surface area contributed by atoms with Crippen LogP contribution < -0.4 is 5.32 Å². The third-order valence-corrected chi connectivity index (χ3v) is 4.68. The van der Waals surface area contributed by atoms with Crippen molar-refractivity contribution < 1.29 is 13.6 Å². The Kier molecular flexibility index (Phi) is 5.53. The van der Waals surface area contributed by atoms with Crippen LogP contribution in [0, 0.1) is 11.6 Å². The number of hydrogen-bond acceptors (Lipinski definition) is 4. The molecule has 3 aromatic rings. The summed E-state index contributed by atoms with van der Waals surface area (Å²) in [6, 6.07) is 10.1. The molecule has 26 heavy (non-hydrogen) atoms. The molecule has 9 heteroatoms. The summed E-state index contributed by atoms with van der Waals surface area (Å²) in [6.45, 7) is 1.67. The molecule has 1 amide bonds. The molecular formula is C17H13ClF2N4OS. The van der Waals surface area contributed by atoms with Gasteiger partial charge in [0.1, 0.15) is 11.6 Å². The molecule has 0 unspecified atom stereocenters. The van der Waals surface area contributed by atoms with Gasteiger partial charge in [0.25, 0.3) is 0 Å². The van der Waals surface area contributed by atoms with E-state index in [0.717, 1.165) is 11.8 Å². The second-order valence-electron chi connectivity index (χ2n) is 5.32. The lowest BCUT2D eigenvalue weighted by Crippen LogP contribution is -2.22. The molecule has 0 aliphatic carbocycles. The molecule has 0 bridgehead atoms. The van der Waals surface area contributed by atoms with Crippen molar-refractivity contribution in [3.8, 4) is 11.4 Å². The molecule has 134 valence electrons. The van der Waals surface area contributed by atoms with Gasteiger partial charge in [0.15, 0.2) is 5.82 Å². The second kappa shape index (κ2) is 7.84. The highest BCUT2D eigenvalue weighted by molar-refractivity contribution is 8.00. The monoisotopic (exact) mass is 394 g/mol. The molecule has 1 heterocycles. The lowest BCUT2D eigenvalue weighted by molar-refractivity contribution is -0.115. The van der Waals surface area contributed by atoms with Crippen LogP contribution in [0.5, 0.6) is 0 Å². The summed E-state index contributed by atoms with van der Waals surface area (Å²) in [7, 11) is 0. The number of carbonyl (C=O) groups is 1. The molecule has 0 fully saturated rings. The standard InChI is InChI=1S/C17H13ClF2N4OS/c1-9(16(25)21-10-6-7-14(20)12(18)8-10)26-17-22-15(23-24-17)11-4-2-3-5-13(11)19/h2-9H,1H3,(H,21,25)(H,22,23,24)/t9-/m0/s1. The predicted molar refractivity (Wildman–Crippen MR) is 97.1 cm³/mol. The average Bonchev–Trinajstić information content (AvgIpc) is 3.06. The Labute approximate surface area is 157 Å². The highest BCUT2D eigenvalue weighted by Gasteiger charge is 2.18. The first-order valence-electron chi connectivity index (χ1n) is 7.54. The number of amides is 1. The molecule has 1 atom stereocenters. The fourth-order valence-electron chi connectivity index (χ4n) is 2.10. The van der Waals surface area contributed by atoms with E-state index in [0.29, 0.717) is 16.4 Å². The van der Waals surface area contributed by atoms with Gasteiger partial charge >= 0.3 is 0 Å². The van der Waals surface area contributed by atoms with Crippen LogP contribution in [0.2, 0.25) is 5.02 Å². The normalized spacial score (nSPS) is 12.0. The van der Waals surface area contributed by atoms with E-state index in [1.54, 1.807) is 25.1 Å². The minimum absolute atomic E-state index is 0.0772. The molecule has 3 rings (SSSR count). The van der Waals surface area contributed by atoms with E-state index in [-0.39, 0.29) is 16.8 Å². The van der Waals surface area contributed by atoms with Crippen LogP contribution >= 0.6 is 23.4 Å². The van der Waals surface area contributed by atoms with Crippen molar-refractivity contribution in [2.45, 2.75) is 17.3 Å². The predicted octanol–water partition coefficient (Wildman–Crippen LogP) is 4.52. The van der Waals surface area contributed by atoms with Gasteiger partial charge in [0.2, 0.25) is 11.1 Å². The summed E-state index contributed by atoms with van der Waals surface area (Å²) < 4.78 is 26.9. The number of halogens is 3. The Balaban J connectivity index is 1.66. The summed E-state index contributed by atoms with van der Waals surface area (Å²) in [4.78, 5) is 16.5. The van der Waals surface area contributed by atoms with Gasteiger partial charge in [-0.1, -0.05) is 35.5 Å². The van der Waals surface area contributed by atoms with Crippen molar-refractivity contribution in [3.05, 3.63) is 59.1 Å². The van der Waals surface area contributed by atoms with E-state index in [2.05, 4.69) is 20.5 Å². The minimum Gasteiger partial charge on any atom is -0.325 e. The van der Waals surface area contributed by atoms with E-state index < -0.39 is 16.9 Å². The average molecular weight is 395 g/mol. The maximum Gasteiger partial charge on any atom is 0.237 e. The highest BCUT2D eigenvalue weighted by atomic mass is 35.5. The van der Waals surface area contributed by atoms with Gasteiger partial charge < -0.3 is 5.32 Å². The molecule has 0 spiro atoms. The molecule has 2 aromatic carbocycles. The first-order valence-corrected chi connectivity index (χ1v) is 8.79. The van der Waals surface area contributed by atoms with Crippen LogP contribution in [0.15, 0.2) is 47.6 Å². The van der Waals surface area contributed by atoms with Crippen molar-refractivity contribution in [1.29, 1.82) is 0 Å². The van der Waals surface area contributed by atoms with Crippen LogP contribution in [0.25, 0.3) is 11.4 Å². The number of anilines is 1. The molecule has 0 saturated heterocycles. The smallest absolute Gasteiger partial charge is 0.237 e. The van der Waals surface area contributed by atoms with Gasteiger partial charge in [-0.05, 0) is 37.3 Å². The van der Waals surface area contributed by atoms with E-state index >= 15 is 0 Å². The van der Waals surface area contributed by atoms with Crippen molar-refractivity contribution in [2.75, 3.05) is 5.32 Å². The third kappa shape index (κ3) is 4.20. The molecule has 0 aliphatic rings. The van der Waals surface area contributed by atoms with Crippen LogP contribution in [0.4, 0.5) is 14.5 Å². The fraction of sp³-hybridized carbons (Fsp3) is 0.118. The van der Waals surface area contributed by atoms with Gasteiger partial charge in [0, 0.05) is 5.69 Å². The summed E-state index contributed by atoms with van der Waals surface area (Å²) in [5.74, 6) is -1.02. The van der Waals surface area contributed by atoms with Gasteiger partial charge in [0.05, 0.1) is 15.8 Å². The van der Waals surface area contributed by atoms with Crippen molar-refractivity contribution in [3.63, 3.8) is 0 Å². The first kappa shape index (κ1) is 18.3. The van der Waals surface area contributed by atoms with Crippen LogP contribution in [0.3, 0.4) is 0 Å². The molecular weight excluding hydrogens is 382 g/mol. The summed E-state index contributed by atoms with van der Waals surface area (Å²) >= 11 is 6.80. The second-order valence-corrected chi connectivity index (χ2v) is 7.04. The molecule has 0 aliphatic heterocycles. The quantitative estimate of drug-likeness (QED) is 0.624.